The number of rotatable bonds is 6. The molecule has 0 aliphatic carbocycles. The molecule has 0 saturated heterocycles. The fraction of sp³-hybridized carbons (Fsp3) is 0.167. The van der Waals surface area contributed by atoms with Crippen LogP contribution in [0.4, 0.5) is 0 Å². The molecular weight excluding hydrogens is 478 g/mol. The molecule has 2 aromatic carbocycles. The van der Waals surface area contributed by atoms with Crippen molar-refractivity contribution in [3.8, 4) is 6.07 Å². The monoisotopic (exact) mass is 495 g/mol. The third-order valence-electron chi connectivity index (χ3n) is 3.74. The van der Waals surface area contributed by atoms with Crippen LogP contribution in [0.1, 0.15) is 11.1 Å². The molecule has 0 aliphatic rings. The zero-order chi connectivity index (χ0) is 21.4. The van der Waals surface area contributed by atoms with Crippen LogP contribution in [0, 0.1) is 11.3 Å². The van der Waals surface area contributed by atoms with E-state index < -0.39 is 22.0 Å². The maximum absolute atomic E-state index is 12.8. The van der Waals surface area contributed by atoms with Gasteiger partial charge in [0.15, 0.2) is 5.11 Å². The molecule has 4 N–H and O–H groups in total. The minimum absolute atomic E-state index is 0.00848. The van der Waals surface area contributed by atoms with Crippen LogP contribution in [0.25, 0.3) is 0 Å². The van der Waals surface area contributed by atoms with Crippen molar-refractivity contribution in [2.24, 2.45) is 0 Å². The van der Waals surface area contributed by atoms with Gasteiger partial charge in [-0.15, -0.1) is 0 Å². The molecule has 0 radical (unpaired) electrons. The summed E-state index contributed by atoms with van der Waals surface area (Å²) in [5.74, 6) is -0.636. The Balaban J connectivity index is 2.29. The summed E-state index contributed by atoms with van der Waals surface area (Å²) in [5, 5.41) is 11.9. The molecule has 1 atom stereocenters. The van der Waals surface area contributed by atoms with Gasteiger partial charge in [0, 0.05) is 11.5 Å². The van der Waals surface area contributed by atoms with Crippen LogP contribution in [-0.4, -0.2) is 32.5 Å². The lowest BCUT2D eigenvalue weighted by Crippen LogP contribution is -2.54. The van der Waals surface area contributed by atoms with E-state index >= 15 is 0 Å². The second kappa shape index (κ2) is 10.3. The number of amides is 1. The van der Waals surface area contributed by atoms with Gasteiger partial charge in [0.1, 0.15) is 6.04 Å². The van der Waals surface area contributed by atoms with Crippen molar-refractivity contribution in [2.45, 2.75) is 17.4 Å². The average Bonchev–Trinajstić information content (AvgIpc) is 2.71. The molecule has 8 nitrogen and oxygen atoms in total. The van der Waals surface area contributed by atoms with Crippen molar-refractivity contribution in [1.82, 2.24) is 20.9 Å². The second-order valence-corrected chi connectivity index (χ2v) is 8.88. The molecule has 2 rings (SSSR count). The number of nitrogens with one attached hydrogen (secondary N) is 4. The lowest BCUT2D eigenvalue weighted by Gasteiger charge is -2.19. The number of carbonyl (C=O) groups excluding carboxylic acids is 1. The first-order valence-electron chi connectivity index (χ1n) is 8.29. The van der Waals surface area contributed by atoms with E-state index in [9.17, 15) is 13.2 Å². The van der Waals surface area contributed by atoms with Crippen LogP contribution in [0.15, 0.2) is 57.9 Å². The fourth-order valence-corrected chi connectivity index (χ4v) is 4.19. The van der Waals surface area contributed by atoms with Crippen LogP contribution < -0.4 is 20.9 Å². The Bertz CT molecular complexity index is 1050. The van der Waals surface area contributed by atoms with Crippen molar-refractivity contribution in [2.75, 3.05) is 7.05 Å². The maximum atomic E-state index is 12.8. The van der Waals surface area contributed by atoms with Crippen LogP contribution in [-0.2, 0) is 21.2 Å². The molecule has 0 fully saturated rings. The van der Waals surface area contributed by atoms with E-state index in [0.29, 0.717) is 15.6 Å². The molecule has 1 amide bonds. The first-order valence-corrected chi connectivity index (χ1v) is 11.0. The average molecular weight is 496 g/mol. The van der Waals surface area contributed by atoms with Crippen molar-refractivity contribution in [3.63, 3.8) is 0 Å². The SMILES string of the molecule is CNC(=S)NNC(=O)C(Cc1cccc(C#N)c1)NS(=O)(=O)c1cccc(Br)c1. The van der Waals surface area contributed by atoms with Crippen LogP contribution >= 0.6 is 28.1 Å². The molecule has 0 aromatic heterocycles. The number of benzene rings is 2. The van der Waals surface area contributed by atoms with Gasteiger partial charge in [-0.05, 0) is 54.5 Å². The Morgan fingerprint density at radius 2 is 1.93 bits per heavy atom. The van der Waals surface area contributed by atoms with E-state index in [1.165, 1.54) is 12.1 Å². The standard InChI is InChI=1S/C18H18BrN5O3S2/c1-21-18(28)23-22-17(25)16(9-12-4-2-5-13(8-12)11-20)24-29(26,27)15-7-3-6-14(19)10-15/h2-8,10,16,24H,9H2,1H3,(H,22,25)(H2,21,23,28). The molecule has 152 valence electrons. The summed E-state index contributed by atoms with van der Waals surface area (Å²) in [4.78, 5) is 12.6. The van der Waals surface area contributed by atoms with E-state index in [-0.39, 0.29) is 16.4 Å². The molecule has 2 aromatic rings. The van der Waals surface area contributed by atoms with E-state index in [2.05, 4.69) is 36.8 Å². The van der Waals surface area contributed by atoms with Crippen LogP contribution in [0.5, 0.6) is 0 Å². The van der Waals surface area contributed by atoms with Crippen molar-refractivity contribution in [1.29, 1.82) is 5.26 Å². The summed E-state index contributed by atoms with van der Waals surface area (Å²) in [6.07, 6.45) is 0.0303. The summed E-state index contributed by atoms with van der Waals surface area (Å²) >= 11 is 8.14. The highest BCUT2D eigenvalue weighted by atomic mass is 79.9. The molecule has 0 bridgehead atoms. The largest absolute Gasteiger partial charge is 0.364 e. The molecular formula is C18H18BrN5O3S2. The second-order valence-electron chi connectivity index (χ2n) is 5.84. The zero-order valence-electron chi connectivity index (χ0n) is 15.3. The van der Waals surface area contributed by atoms with Crippen molar-refractivity contribution >= 4 is 49.2 Å². The minimum atomic E-state index is -3.99. The predicted molar refractivity (Wildman–Crippen MR) is 116 cm³/mol. The Labute approximate surface area is 182 Å². The third-order valence-corrected chi connectivity index (χ3v) is 6.01. The number of carbonyl (C=O) groups is 1. The third kappa shape index (κ3) is 6.79. The Morgan fingerprint density at radius 1 is 1.21 bits per heavy atom. The summed E-state index contributed by atoms with van der Waals surface area (Å²) in [5.41, 5.74) is 5.89. The molecule has 0 aliphatic heterocycles. The van der Waals surface area contributed by atoms with E-state index in [1.807, 2.05) is 6.07 Å². The van der Waals surface area contributed by atoms with Crippen LogP contribution in [0.2, 0.25) is 0 Å². The smallest absolute Gasteiger partial charge is 0.256 e. The predicted octanol–water partition coefficient (Wildman–Crippen LogP) is 1.34. The number of thiocarbonyl (C=S) groups is 1. The van der Waals surface area contributed by atoms with Gasteiger partial charge < -0.3 is 5.32 Å². The number of halogens is 1. The van der Waals surface area contributed by atoms with Gasteiger partial charge in [0.25, 0.3) is 5.91 Å². The summed E-state index contributed by atoms with van der Waals surface area (Å²) in [7, 11) is -2.42. The summed E-state index contributed by atoms with van der Waals surface area (Å²) in [6.45, 7) is 0. The Kier molecular flexibility index (Phi) is 8.10. The summed E-state index contributed by atoms with van der Waals surface area (Å²) in [6, 6.07) is 13.6. The molecule has 0 saturated carbocycles. The topological polar surface area (TPSA) is 123 Å². The number of sulfonamides is 1. The van der Waals surface area contributed by atoms with Crippen molar-refractivity contribution in [3.05, 3.63) is 64.1 Å². The number of nitriles is 1. The lowest BCUT2D eigenvalue weighted by atomic mass is 10.0. The van der Waals surface area contributed by atoms with Gasteiger partial charge in [-0.25, -0.2) is 8.42 Å². The number of hydrogen-bond acceptors (Lipinski definition) is 5. The minimum Gasteiger partial charge on any atom is -0.364 e. The van der Waals surface area contributed by atoms with Gasteiger partial charge in [0.05, 0.1) is 16.5 Å². The van der Waals surface area contributed by atoms with Gasteiger partial charge in [-0.3, -0.25) is 15.6 Å². The Hall–Kier alpha value is -2.52. The highest BCUT2D eigenvalue weighted by Crippen LogP contribution is 2.17. The number of hydrogen-bond donors (Lipinski definition) is 4. The fourth-order valence-electron chi connectivity index (χ4n) is 2.35. The quantitative estimate of drug-likeness (QED) is 0.352. The molecule has 11 heteroatoms. The molecule has 0 heterocycles. The van der Waals surface area contributed by atoms with E-state index in [0.717, 1.165) is 0 Å². The Morgan fingerprint density at radius 3 is 2.59 bits per heavy atom. The van der Waals surface area contributed by atoms with Crippen molar-refractivity contribution < 1.29 is 13.2 Å². The van der Waals surface area contributed by atoms with E-state index in [4.69, 9.17) is 17.5 Å². The highest BCUT2D eigenvalue weighted by molar-refractivity contribution is 9.10. The first-order chi connectivity index (χ1) is 13.7. The van der Waals surface area contributed by atoms with Gasteiger partial charge in [-0.1, -0.05) is 34.1 Å². The van der Waals surface area contributed by atoms with E-state index in [1.54, 1.807) is 43.4 Å². The van der Waals surface area contributed by atoms with Gasteiger partial charge in [0.2, 0.25) is 10.0 Å². The molecule has 29 heavy (non-hydrogen) atoms. The molecule has 1 unspecified atom stereocenters. The maximum Gasteiger partial charge on any atom is 0.256 e. The zero-order valence-corrected chi connectivity index (χ0v) is 18.5. The number of nitrogens with zero attached hydrogens (tertiary/aromatic N) is 1. The van der Waals surface area contributed by atoms with Gasteiger partial charge >= 0.3 is 0 Å². The normalized spacial score (nSPS) is 11.8. The van der Waals surface area contributed by atoms with Gasteiger partial charge in [-0.2, -0.15) is 9.98 Å². The molecule has 0 spiro atoms. The summed E-state index contributed by atoms with van der Waals surface area (Å²) < 4.78 is 28.6. The number of hydrazine groups is 1. The van der Waals surface area contributed by atoms with Crippen LogP contribution in [0.3, 0.4) is 0 Å². The lowest BCUT2D eigenvalue weighted by molar-refractivity contribution is -0.123. The highest BCUT2D eigenvalue weighted by Gasteiger charge is 2.26. The first kappa shape index (κ1) is 22.8.